The average molecular weight is 337 g/mol. The van der Waals surface area contributed by atoms with Gasteiger partial charge in [-0.2, -0.15) is 18.4 Å². The van der Waals surface area contributed by atoms with Gasteiger partial charge in [0, 0.05) is 12.0 Å². The molecule has 1 fully saturated rings. The first-order valence-corrected chi connectivity index (χ1v) is 7.57. The van der Waals surface area contributed by atoms with Gasteiger partial charge in [0.2, 0.25) is 5.76 Å². The van der Waals surface area contributed by atoms with Crippen molar-refractivity contribution in [3.8, 4) is 11.8 Å². The van der Waals surface area contributed by atoms with Gasteiger partial charge in [0.05, 0.1) is 17.0 Å². The molecule has 126 valence electrons. The summed E-state index contributed by atoms with van der Waals surface area (Å²) in [5.41, 5.74) is -1.37. The summed E-state index contributed by atoms with van der Waals surface area (Å²) in [6.45, 7) is 0. The SMILES string of the molecule is N#CC1CCC(c2c(C(F)(F)F)oc3cc(O)ccc3c2=O)CC1. The second kappa shape index (κ2) is 5.86. The minimum atomic E-state index is -4.81. The molecule has 0 saturated heterocycles. The van der Waals surface area contributed by atoms with Crippen LogP contribution in [0.2, 0.25) is 0 Å². The lowest BCUT2D eigenvalue weighted by molar-refractivity contribution is -0.154. The van der Waals surface area contributed by atoms with Crippen molar-refractivity contribution in [3.05, 3.63) is 39.7 Å². The summed E-state index contributed by atoms with van der Waals surface area (Å²) in [5, 5.41) is 18.3. The number of halogens is 3. The van der Waals surface area contributed by atoms with Crippen LogP contribution >= 0.6 is 0 Å². The molecule has 0 atom stereocenters. The lowest BCUT2D eigenvalue weighted by atomic mass is 9.78. The number of rotatable bonds is 1. The minimum Gasteiger partial charge on any atom is -0.508 e. The molecule has 1 aromatic carbocycles. The fourth-order valence-electron chi connectivity index (χ4n) is 3.29. The van der Waals surface area contributed by atoms with Crippen LogP contribution in [0.1, 0.15) is 42.9 Å². The number of aromatic hydroxyl groups is 1. The molecule has 0 amide bonds. The molecular formula is C17H14F3NO3. The Balaban J connectivity index is 2.19. The Morgan fingerprint density at radius 1 is 1.21 bits per heavy atom. The maximum Gasteiger partial charge on any atom is 0.449 e. The van der Waals surface area contributed by atoms with Crippen LogP contribution in [0.4, 0.5) is 13.2 Å². The number of nitriles is 1. The summed E-state index contributed by atoms with van der Waals surface area (Å²) >= 11 is 0. The highest BCUT2D eigenvalue weighted by Crippen LogP contribution is 2.41. The second-order valence-corrected chi connectivity index (χ2v) is 6.03. The first kappa shape index (κ1) is 16.4. The number of benzene rings is 1. The van der Waals surface area contributed by atoms with Gasteiger partial charge < -0.3 is 9.52 Å². The zero-order valence-electron chi connectivity index (χ0n) is 12.6. The molecule has 0 spiro atoms. The van der Waals surface area contributed by atoms with Gasteiger partial charge in [-0.3, -0.25) is 4.79 Å². The van der Waals surface area contributed by atoms with Gasteiger partial charge in [0.25, 0.3) is 0 Å². The van der Waals surface area contributed by atoms with Gasteiger partial charge in [-0.05, 0) is 43.7 Å². The van der Waals surface area contributed by atoms with Crippen LogP contribution in [0.3, 0.4) is 0 Å². The largest absolute Gasteiger partial charge is 0.508 e. The van der Waals surface area contributed by atoms with Crippen molar-refractivity contribution in [2.75, 3.05) is 0 Å². The Labute approximate surface area is 135 Å². The van der Waals surface area contributed by atoms with Gasteiger partial charge in [0.15, 0.2) is 5.43 Å². The lowest BCUT2D eigenvalue weighted by Crippen LogP contribution is -2.24. The van der Waals surface area contributed by atoms with Crippen LogP contribution in [0, 0.1) is 17.2 Å². The number of phenolic OH excluding ortho intramolecular Hbond substituents is 1. The van der Waals surface area contributed by atoms with Crippen molar-refractivity contribution in [2.24, 2.45) is 5.92 Å². The number of phenols is 1. The molecule has 1 saturated carbocycles. The molecule has 2 aromatic rings. The number of hydrogen-bond donors (Lipinski definition) is 1. The molecule has 0 radical (unpaired) electrons. The van der Waals surface area contributed by atoms with E-state index in [4.69, 9.17) is 9.68 Å². The third kappa shape index (κ3) is 2.84. The Hall–Kier alpha value is -2.49. The van der Waals surface area contributed by atoms with Crippen LogP contribution in [-0.4, -0.2) is 5.11 Å². The van der Waals surface area contributed by atoms with E-state index in [0.29, 0.717) is 25.7 Å². The Bertz CT molecular complexity index is 871. The standard InChI is InChI=1S/C17H14F3NO3/c18-17(19,20)16-14(10-3-1-9(8-21)2-4-10)15(23)12-6-5-11(22)7-13(12)24-16/h5-7,9-10,22H,1-4H2. The number of alkyl halides is 3. The molecule has 24 heavy (non-hydrogen) atoms. The molecule has 0 unspecified atom stereocenters. The first-order chi connectivity index (χ1) is 11.3. The van der Waals surface area contributed by atoms with Crippen molar-refractivity contribution in [1.29, 1.82) is 5.26 Å². The number of nitrogens with zero attached hydrogens (tertiary/aromatic N) is 1. The number of fused-ring (bicyclic) bond motifs is 1. The van der Waals surface area contributed by atoms with Gasteiger partial charge in [-0.25, -0.2) is 0 Å². The quantitative estimate of drug-likeness (QED) is 0.841. The highest BCUT2D eigenvalue weighted by Gasteiger charge is 2.41. The van der Waals surface area contributed by atoms with Crippen LogP contribution in [-0.2, 0) is 6.18 Å². The van der Waals surface area contributed by atoms with Crippen molar-refractivity contribution in [2.45, 2.75) is 37.8 Å². The van der Waals surface area contributed by atoms with E-state index in [0.717, 1.165) is 6.07 Å². The molecule has 7 heteroatoms. The van der Waals surface area contributed by atoms with E-state index in [2.05, 4.69) is 6.07 Å². The maximum atomic E-state index is 13.4. The summed E-state index contributed by atoms with van der Waals surface area (Å²) in [5.74, 6) is -2.34. The van der Waals surface area contributed by atoms with E-state index in [9.17, 15) is 23.1 Å². The third-order valence-electron chi connectivity index (χ3n) is 4.49. The highest BCUT2D eigenvalue weighted by atomic mass is 19.4. The minimum absolute atomic E-state index is 0.0122. The van der Waals surface area contributed by atoms with Crippen LogP contribution in [0.15, 0.2) is 27.4 Å². The molecule has 1 heterocycles. The third-order valence-corrected chi connectivity index (χ3v) is 4.49. The molecule has 1 aliphatic rings. The Kier molecular flexibility index (Phi) is 3.99. The monoisotopic (exact) mass is 337 g/mol. The van der Waals surface area contributed by atoms with Gasteiger partial charge in [-0.15, -0.1) is 0 Å². The smallest absolute Gasteiger partial charge is 0.449 e. The van der Waals surface area contributed by atoms with Crippen molar-refractivity contribution in [1.82, 2.24) is 0 Å². The number of hydrogen-bond acceptors (Lipinski definition) is 4. The molecule has 4 nitrogen and oxygen atoms in total. The fraction of sp³-hybridized carbons (Fsp3) is 0.412. The van der Waals surface area contributed by atoms with Gasteiger partial charge >= 0.3 is 6.18 Å². The van der Waals surface area contributed by atoms with Crippen LogP contribution < -0.4 is 5.43 Å². The van der Waals surface area contributed by atoms with E-state index >= 15 is 0 Å². The van der Waals surface area contributed by atoms with Gasteiger partial charge in [0.1, 0.15) is 11.3 Å². The zero-order valence-corrected chi connectivity index (χ0v) is 12.6. The molecule has 3 rings (SSSR count). The normalized spacial score (nSPS) is 21.6. The molecular weight excluding hydrogens is 323 g/mol. The predicted octanol–water partition coefficient (Wildman–Crippen LogP) is 4.31. The van der Waals surface area contributed by atoms with E-state index in [1.54, 1.807) is 0 Å². The molecule has 1 aliphatic carbocycles. The first-order valence-electron chi connectivity index (χ1n) is 7.57. The van der Waals surface area contributed by atoms with E-state index < -0.39 is 23.3 Å². The fourth-order valence-corrected chi connectivity index (χ4v) is 3.29. The summed E-state index contributed by atoms with van der Waals surface area (Å²) in [4.78, 5) is 12.7. The predicted molar refractivity (Wildman–Crippen MR) is 79.5 cm³/mol. The summed E-state index contributed by atoms with van der Waals surface area (Å²) in [7, 11) is 0. The maximum absolute atomic E-state index is 13.4. The van der Waals surface area contributed by atoms with Crippen molar-refractivity contribution < 1.29 is 22.7 Å². The summed E-state index contributed by atoms with van der Waals surface area (Å²) in [6.07, 6.45) is -3.19. The van der Waals surface area contributed by atoms with E-state index in [1.807, 2.05) is 0 Å². The van der Waals surface area contributed by atoms with Crippen LogP contribution in [0.25, 0.3) is 11.0 Å². The zero-order chi connectivity index (χ0) is 17.5. The van der Waals surface area contributed by atoms with Crippen LogP contribution in [0.5, 0.6) is 5.75 Å². The van der Waals surface area contributed by atoms with Crippen molar-refractivity contribution in [3.63, 3.8) is 0 Å². The van der Waals surface area contributed by atoms with Crippen molar-refractivity contribution >= 4 is 11.0 Å². The lowest BCUT2D eigenvalue weighted by Gasteiger charge is -2.26. The summed E-state index contributed by atoms with van der Waals surface area (Å²) < 4.78 is 45.2. The topological polar surface area (TPSA) is 74.2 Å². The van der Waals surface area contributed by atoms with Gasteiger partial charge in [-0.1, -0.05) is 0 Å². The Morgan fingerprint density at radius 3 is 2.46 bits per heavy atom. The molecule has 0 bridgehead atoms. The molecule has 0 aliphatic heterocycles. The highest BCUT2D eigenvalue weighted by molar-refractivity contribution is 5.79. The molecule has 1 aromatic heterocycles. The Morgan fingerprint density at radius 2 is 1.88 bits per heavy atom. The molecule has 1 N–H and O–H groups in total. The van der Waals surface area contributed by atoms with E-state index in [-0.39, 0.29) is 28.2 Å². The average Bonchev–Trinajstić information content (AvgIpc) is 2.53. The summed E-state index contributed by atoms with van der Waals surface area (Å²) in [6, 6.07) is 5.63. The second-order valence-electron chi connectivity index (χ2n) is 6.03. The van der Waals surface area contributed by atoms with E-state index in [1.165, 1.54) is 12.1 Å².